The van der Waals surface area contributed by atoms with Crippen molar-refractivity contribution in [2.45, 2.75) is 61.5 Å². The van der Waals surface area contributed by atoms with Crippen LogP contribution < -0.4 is 0 Å². The van der Waals surface area contributed by atoms with Crippen molar-refractivity contribution in [1.82, 2.24) is 0 Å². The van der Waals surface area contributed by atoms with Gasteiger partial charge in [-0.2, -0.15) is 0 Å². The van der Waals surface area contributed by atoms with Crippen molar-refractivity contribution in [2.24, 2.45) is 5.92 Å². The molecule has 1 aliphatic carbocycles. The van der Waals surface area contributed by atoms with Crippen LogP contribution in [-0.2, 0) is 18.9 Å². The summed E-state index contributed by atoms with van der Waals surface area (Å²) >= 11 is 0. The summed E-state index contributed by atoms with van der Waals surface area (Å²) in [5.74, 6) is -0.487. The molecule has 0 spiro atoms. The van der Waals surface area contributed by atoms with Crippen LogP contribution in [0.4, 0.5) is 0 Å². The van der Waals surface area contributed by atoms with Crippen LogP contribution >= 0.6 is 0 Å². The molecule has 0 aromatic rings. The minimum atomic E-state index is -1.44. The van der Waals surface area contributed by atoms with Crippen LogP contribution in [0.15, 0.2) is 0 Å². The van der Waals surface area contributed by atoms with Gasteiger partial charge >= 0.3 is 0 Å². The van der Waals surface area contributed by atoms with Gasteiger partial charge in [-0.1, -0.05) is 0 Å². The van der Waals surface area contributed by atoms with Crippen LogP contribution in [-0.4, -0.2) is 113 Å². The highest BCUT2D eigenvalue weighted by Gasteiger charge is 2.50. The van der Waals surface area contributed by atoms with Crippen molar-refractivity contribution in [3.8, 4) is 0 Å². The second-order valence-corrected chi connectivity index (χ2v) is 6.44. The van der Waals surface area contributed by atoms with Gasteiger partial charge in [0.2, 0.25) is 0 Å². The van der Waals surface area contributed by atoms with Crippen molar-refractivity contribution in [3.05, 3.63) is 0 Å². The highest BCUT2D eigenvalue weighted by Crippen LogP contribution is 2.33. The molecule has 6 N–H and O–H groups in total. The zero-order valence-electron chi connectivity index (χ0n) is 14.2. The van der Waals surface area contributed by atoms with Gasteiger partial charge < -0.3 is 49.6 Å². The van der Waals surface area contributed by atoms with Crippen LogP contribution in [0.3, 0.4) is 0 Å². The second kappa shape index (κ2) is 9.00. The van der Waals surface area contributed by atoms with Crippen LogP contribution in [0, 0.1) is 5.92 Å². The standard InChI is InChI=1S/C15H28O10/c1-22-13-6(4-16)3-7(9(18)10(13)19)24-14-8(5-17)25-15(23-2)12(21)11(14)20/h6-21H,3-5H2,1-2H3. The van der Waals surface area contributed by atoms with E-state index in [1.165, 1.54) is 14.2 Å². The lowest BCUT2D eigenvalue weighted by molar-refractivity contribution is -0.316. The zero-order chi connectivity index (χ0) is 18.7. The molecule has 10 unspecified atom stereocenters. The maximum absolute atomic E-state index is 10.3. The molecule has 0 aromatic carbocycles. The van der Waals surface area contributed by atoms with Gasteiger partial charge in [0.05, 0.1) is 18.8 Å². The average Bonchev–Trinajstić information content (AvgIpc) is 2.62. The number of rotatable bonds is 6. The number of aliphatic hydroxyl groups is 6. The fraction of sp³-hybridized carbons (Fsp3) is 1.00. The van der Waals surface area contributed by atoms with Gasteiger partial charge in [0, 0.05) is 26.7 Å². The molecule has 0 radical (unpaired) electrons. The number of hydrogen-bond acceptors (Lipinski definition) is 10. The summed E-state index contributed by atoms with van der Waals surface area (Å²) in [4.78, 5) is 0. The minimum absolute atomic E-state index is 0.151. The molecule has 1 saturated carbocycles. The molecule has 1 aliphatic heterocycles. The van der Waals surface area contributed by atoms with E-state index in [1.54, 1.807) is 0 Å². The lowest BCUT2D eigenvalue weighted by atomic mass is 9.80. The molecule has 2 aliphatic rings. The maximum Gasteiger partial charge on any atom is 0.186 e. The van der Waals surface area contributed by atoms with E-state index in [4.69, 9.17) is 18.9 Å². The zero-order valence-corrected chi connectivity index (χ0v) is 14.2. The molecule has 0 aromatic heterocycles. The lowest BCUT2D eigenvalue weighted by Gasteiger charge is -2.46. The summed E-state index contributed by atoms with van der Waals surface area (Å²) in [7, 11) is 2.65. The molecular weight excluding hydrogens is 340 g/mol. The normalized spacial score (nSPS) is 48.5. The summed E-state index contributed by atoms with van der Waals surface area (Å²) in [5.41, 5.74) is 0. The molecule has 148 valence electrons. The third-order valence-corrected chi connectivity index (χ3v) is 4.96. The first-order valence-electron chi connectivity index (χ1n) is 8.20. The van der Waals surface area contributed by atoms with E-state index < -0.39 is 67.6 Å². The second-order valence-electron chi connectivity index (χ2n) is 6.44. The SMILES string of the molecule is COC1OC(CO)C(OC2CC(CO)C(OC)C(O)C2O)C(O)C1O. The van der Waals surface area contributed by atoms with E-state index in [0.717, 1.165) is 0 Å². The van der Waals surface area contributed by atoms with Gasteiger partial charge in [-0.15, -0.1) is 0 Å². The summed E-state index contributed by atoms with van der Waals surface area (Å²) < 4.78 is 21.1. The highest BCUT2D eigenvalue weighted by atomic mass is 16.7. The Balaban J connectivity index is 2.13. The third kappa shape index (κ3) is 4.14. The molecule has 2 fully saturated rings. The summed E-state index contributed by atoms with van der Waals surface area (Å²) in [6.07, 6.45) is -10.3. The number of aliphatic hydroxyl groups excluding tert-OH is 6. The first kappa shape index (κ1) is 20.9. The minimum Gasteiger partial charge on any atom is -0.396 e. The van der Waals surface area contributed by atoms with Gasteiger partial charge in [-0.25, -0.2) is 0 Å². The monoisotopic (exact) mass is 368 g/mol. The predicted octanol–water partition coefficient (Wildman–Crippen LogP) is -3.43. The van der Waals surface area contributed by atoms with E-state index in [1.807, 2.05) is 0 Å². The molecule has 0 amide bonds. The molecule has 0 bridgehead atoms. The molecule has 1 heterocycles. The third-order valence-electron chi connectivity index (χ3n) is 4.96. The van der Waals surface area contributed by atoms with Crippen LogP contribution in [0.1, 0.15) is 6.42 Å². The molecule has 10 atom stereocenters. The smallest absolute Gasteiger partial charge is 0.186 e. The van der Waals surface area contributed by atoms with Crippen molar-refractivity contribution in [2.75, 3.05) is 27.4 Å². The van der Waals surface area contributed by atoms with Crippen LogP contribution in [0.25, 0.3) is 0 Å². The Bertz CT molecular complexity index is 406. The average molecular weight is 368 g/mol. The number of hydrogen-bond donors (Lipinski definition) is 6. The van der Waals surface area contributed by atoms with Gasteiger partial charge in [0.15, 0.2) is 6.29 Å². The number of ether oxygens (including phenoxy) is 4. The van der Waals surface area contributed by atoms with Gasteiger partial charge in [0.1, 0.15) is 36.6 Å². The van der Waals surface area contributed by atoms with E-state index in [9.17, 15) is 30.6 Å². The molecule has 2 rings (SSSR count). The van der Waals surface area contributed by atoms with Gasteiger partial charge in [0.25, 0.3) is 0 Å². The Labute approximate surface area is 145 Å². The Morgan fingerprint density at radius 2 is 1.48 bits per heavy atom. The Kier molecular flexibility index (Phi) is 7.52. The first-order chi connectivity index (χ1) is 11.9. The van der Waals surface area contributed by atoms with Crippen LogP contribution in [0.5, 0.6) is 0 Å². The Morgan fingerprint density at radius 3 is 2.00 bits per heavy atom. The molecule has 1 saturated heterocycles. The first-order valence-corrected chi connectivity index (χ1v) is 8.20. The molecule has 10 nitrogen and oxygen atoms in total. The Hall–Kier alpha value is -0.400. The highest BCUT2D eigenvalue weighted by molar-refractivity contribution is 4.97. The van der Waals surface area contributed by atoms with Gasteiger partial charge in [-0.05, 0) is 6.42 Å². The van der Waals surface area contributed by atoms with Crippen molar-refractivity contribution < 1.29 is 49.6 Å². The summed E-state index contributed by atoms with van der Waals surface area (Å²) in [6.45, 7) is -0.798. The fourth-order valence-corrected chi connectivity index (χ4v) is 3.53. The quantitative estimate of drug-likeness (QED) is 0.279. The van der Waals surface area contributed by atoms with Crippen molar-refractivity contribution >= 4 is 0 Å². The number of methoxy groups -OCH3 is 2. The van der Waals surface area contributed by atoms with Crippen molar-refractivity contribution in [3.63, 3.8) is 0 Å². The molecular formula is C15H28O10. The van der Waals surface area contributed by atoms with E-state index in [-0.39, 0.29) is 13.0 Å². The molecule has 10 heteroatoms. The largest absolute Gasteiger partial charge is 0.396 e. The summed E-state index contributed by atoms with van der Waals surface area (Å²) in [5, 5.41) is 59.7. The van der Waals surface area contributed by atoms with E-state index >= 15 is 0 Å². The predicted molar refractivity (Wildman–Crippen MR) is 81.4 cm³/mol. The van der Waals surface area contributed by atoms with E-state index in [2.05, 4.69) is 0 Å². The topological polar surface area (TPSA) is 158 Å². The van der Waals surface area contributed by atoms with Crippen LogP contribution in [0.2, 0.25) is 0 Å². The van der Waals surface area contributed by atoms with Crippen molar-refractivity contribution in [1.29, 1.82) is 0 Å². The van der Waals surface area contributed by atoms with E-state index in [0.29, 0.717) is 0 Å². The summed E-state index contributed by atoms with van der Waals surface area (Å²) in [6, 6.07) is 0. The Morgan fingerprint density at radius 1 is 0.840 bits per heavy atom. The molecule has 25 heavy (non-hydrogen) atoms. The van der Waals surface area contributed by atoms with Gasteiger partial charge in [-0.3, -0.25) is 0 Å². The fourth-order valence-electron chi connectivity index (χ4n) is 3.53. The maximum atomic E-state index is 10.3. The lowest BCUT2D eigenvalue weighted by Crippen LogP contribution is -2.63.